The molecule has 2 aliphatic rings. The van der Waals surface area contributed by atoms with Crippen LogP contribution in [0.5, 0.6) is 0 Å². The number of halogens is 3. The highest BCUT2D eigenvalue weighted by Crippen LogP contribution is 2.52. The van der Waals surface area contributed by atoms with E-state index in [1.54, 1.807) is 11.0 Å². The van der Waals surface area contributed by atoms with Crippen molar-refractivity contribution in [3.8, 4) is 17.3 Å². The molecule has 10 heteroatoms. The molecule has 1 aromatic carbocycles. The topological polar surface area (TPSA) is 102 Å². The number of anilines is 1. The highest BCUT2D eigenvalue weighted by atomic mass is 19.4. The van der Waals surface area contributed by atoms with E-state index in [4.69, 9.17) is 5.26 Å². The van der Waals surface area contributed by atoms with Gasteiger partial charge >= 0.3 is 18.0 Å². The third-order valence-corrected chi connectivity index (χ3v) is 6.34. The molecule has 168 valence electrons. The van der Waals surface area contributed by atoms with E-state index in [1.807, 2.05) is 6.07 Å². The maximum Gasteiger partial charge on any atom is 0.417 e. The molecule has 3 heterocycles. The predicted molar refractivity (Wildman–Crippen MR) is 113 cm³/mol. The van der Waals surface area contributed by atoms with Crippen molar-refractivity contribution in [2.45, 2.75) is 25.4 Å². The Hall–Kier alpha value is -3.87. The molecule has 2 N–H and O–H groups in total. The summed E-state index contributed by atoms with van der Waals surface area (Å²) >= 11 is 0. The second kappa shape index (κ2) is 7.33. The number of alkyl halides is 3. The number of rotatable bonds is 2. The molecule has 0 unspecified atom stereocenters. The van der Waals surface area contributed by atoms with E-state index in [1.165, 1.54) is 12.1 Å². The Bertz CT molecular complexity index is 1330. The maximum atomic E-state index is 13.5. The molecule has 0 bridgehead atoms. The Morgan fingerprint density at radius 2 is 1.94 bits per heavy atom. The number of aromatic amines is 1. The second-order valence-corrected chi connectivity index (χ2v) is 8.62. The van der Waals surface area contributed by atoms with Gasteiger partial charge in [0.05, 0.1) is 17.2 Å². The Morgan fingerprint density at radius 3 is 2.61 bits per heavy atom. The van der Waals surface area contributed by atoms with E-state index in [2.05, 4.69) is 15.3 Å². The summed E-state index contributed by atoms with van der Waals surface area (Å²) in [5.41, 5.74) is -0.399. The number of carbonyl (C=O) groups is 2. The van der Waals surface area contributed by atoms with Crippen molar-refractivity contribution >= 4 is 28.7 Å². The normalized spacial score (nSPS) is 16.7. The quantitative estimate of drug-likeness (QED) is 0.571. The summed E-state index contributed by atoms with van der Waals surface area (Å²) in [5.74, 6) is -1.31. The molecular weight excluding hydrogens is 435 g/mol. The third-order valence-electron chi connectivity index (χ3n) is 6.34. The molecule has 1 spiro atoms. The highest BCUT2D eigenvalue weighted by molar-refractivity contribution is 6.39. The Kier molecular flexibility index (Phi) is 4.67. The summed E-state index contributed by atoms with van der Waals surface area (Å²) in [5, 5.41) is 12.1. The van der Waals surface area contributed by atoms with Gasteiger partial charge in [-0.05, 0) is 61.1 Å². The number of benzene rings is 1. The van der Waals surface area contributed by atoms with Gasteiger partial charge in [0, 0.05) is 29.7 Å². The van der Waals surface area contributed by atoms with Crippen LogP contribution in [0.1, 0.15) is 30.4 Å². The van der Waals surface area contributed by atoms with Crippen LogP contribution in [0.3, 0.4) is 0 Å². The van der Waals surface area contributed by atoms with Gasteiger partial charge in [0.2, 0.25) is 0 Å². The summed E-state index contributed by atoms with van der Waals surface area (Å²) in [6, 6.07) is 9.54. The molecule has 1 aliphatic heterocycles. The zero-order chi connectivity index (χ0) is 23.4. The number of nitriles is 1. The van der Waals surface area contributed by atoms with Crippen molar-refractivity contribution in [2.24, 2.45) is 5.41 Å². The van der Waals surface area contributed by atoms with E-state index in [0.29, 0.717) is 18.5 Å². The minimum atomic E-state index is -4.61. The Balaban J connectivity index is 1.40. The fraction of sp³-hybridized carbons (Fsp3) is 0.304. The van der Waals surface area contributed by atoms with Gasteiger partial charge in [-0.3, -0.25) is 9.59 Å². The molecule has 33 heavy (non-hydrogen) atoms. The smallest absolute Gasteiger partial charge is 0.339 e. The number of likely N-dealkylation sites (tertiary alicyclic amines) is 1. The van der Waals surface area contributed by atoms with Gasteiger partial charge in [-0.15, -0.1) is 0 Å². The third kappa shape index (κ3) is 3.91. The fourth-order valence-electron chi connectivity index (χ4n) is 4.31. The van der Waals surface area contributed by atoms with E-state index in [0.717, 1.165) is 37.5 Å². The zero-order valence-corrected chi connectivity index (χ0v) is 17.3. The lowest BCUT2D eigenvalue weighted by atomic mass is 10.0. The van der Waals surface area contributed by atoms with Crippen molar-refractivity contribution in [1.29, 1.82) is 5.26 Å². The average molecular weight is 453 g/mol. The summed E-state index contributed by atoms with van der Waals surface area (Å²) in [6.07, 6.45) is -1.53. The van der Waals surface area contributed by atoms with Crippen LogP contribution in [0.2, 0.25) is 0 Å². The molecule has 1 aliphatic carbocycles. The zero-order valence-electron chi connectivity index (χ0n) is 17.3. The van der Waals surface area contributed by atoms with E-state index in [9.17, 15) is 22.8 Å². The van der Waals surface area contributed by atoms with Crippen molar-refractivity contribution in [1.82, 2.24) is 14.9 Å². The molecule has 5 rings (SSSR count). The first-order chi connectivity index (χ1) is 15.7. The van der Waals surface area contributed by atoms with Crippen LogP contribution >= 0.6 is 0 Å². The summed E-state index contributed by atoms with van der Waals surface area (Å²) in [7, 11) is 0. The summed E-state index contributed by atoms with van der Waals surface area (Å²) < 4.78 is 40.5. The van der Waals surface area contributed by atoms with Gasteiger partial charge in [0.1, 0.15) is 11.5 Å². The number of nitrogens with one attached hydrogen (secondary N) is 2. The molecule has 2 amide bonds. The van der Waals surface area contributed by atoms with Crippen LogP contribution in [0.25, 0.3) is 22.3 Å². The number of aromatic nitrogens is 2. The minimum Gasteiger partial charge on any atom is -0.339 e. The van der Waals surface area contributed by atoms with E-state index < -0.39 is 23.6 Å². The van der Waals surface area contributed by atoms with E-state index in [-0.39, 0.29) is 33.7 Å². The van der Waals surface area contributed by atoms with Crippen LogP contribution < -0.4 is 5.32 Å². The molecule has 2 aromatic heterocycles. The first-order valence-corrected chi connectivity index (χ1v) is 10.4. The Morgan fingerprint density at radius 1 is 1.15 bits per heavy atom. The molecule has 7 nitrogen and oxygen atoms in total. The maximum absolute atomic E-state index is 13.5. The number of nitrogens with zero attached hydrogens (tertiary/aromatic N) is 3. The molecule has 1 saturated heterocycles. The predicted octanol–water partition coefficient (Wildman–Crippen LogP) is 4.07. The number of hydrogen-bond acceptors (Lipinski definition) is 4. The number of pyridine rings is 1. The number of hydrogen-bond donors (Lipinski definition) is 2. The van der Waals surface area contributed by atoms with Crippen LogP contribution in [0, 0.1) is 16.7 Å². The van der Waals surface area contributed by atoms with Gasteiger partial charge in [0.15, 0.2) is 0 Å². The lowest BCUT2D eigenvalue weighted by Gasteiger charge is -2.15. The molecule has 3 aromatic rings. The number of fused-ring (bicyclic) bond motifs is 1. The van der Waals surface area contributed by atoms with E-state index >= 15 is 0 Å². The minimum absolute atomic E-state index is 0.0889. The van der Waals surface area contributed by atoms with Crippen LogP contribution in [-0.4, -0.2) is 39.8 Å². The first-order valence-electron chi connectivity index (χ1n) is 10.4. The van der Waals surface area contributed by atoms with Gasteiger partial charge in [-0.25, -0.2) is 4.98 Å². The number of carbonyl (C=O) groups excluding carboxylic acids is 2. The first kappa shape index (κ1) is 21.0. The van der Waals surface area contributed by atoms with Gasteiger partial charge in [-0.2, -0.15) is 18.4 Å². The van der Waals surface area contributed by atoms with Crippen molar-refractivity contribution in [3.63, 3.8) is 0 Å². The summed E-state index contributed by atoms with van der Waals surface area (Å²) in [6.45, 7) is 1.15. The van der Waals surface area contributed by atoms with Gasteiger partial charge < -0.3 is 15.2 Å². The second-order valence-electron chi connectivity index (χ2n) is 8.62. The van der Waals surface area contributed by atoms with Crippen LogP contribution in [-0.2, 0) is 15.8 Å². The Labute approximate surface area is 186 Å². The highest BCUT2D eigenvalue weighted by Gasteiger charge is 2.49. The molecule has 0 radical (unpaired) electrons. The van der Waals surface area contributed by atoms with Crippen LogP contribution in [0.4, 0.5) is 19.0 Å². The molecule has 2 fully saturated rings. The number of H-pyrrole nitrogens is 1. The van der Waals surface area contributed by atoms with Crippen molar-refractivity contribution in [3.05, 3.63) is 47.5 Å². The lowest BCUT2D eigenvalue weighted by Crippen LogP contribution is -2.38. The average Bonchev–Trinajstić information content (AvgIpc) is 3.21. The fourth-order valence-corrected chi connectivity index (χ4v) is 4.31. The standard InChI is InChI=1S/C23H18F3N5O2/c24-23(25,26)16-3-1-13(11-27)9-15(16)17-10-14-2-4-18(29-19(14)28-17)30-20(32)21(33)31-8-7-22(12-31)5-6-22/h1-4,9-10H,5-8,12H2,(H2,28,29,30,32). The monoisotopic (exact) mass is 453 g/mol. The SMILES string of the molecule is N#Cc1ccc(C(F)(F)F)c(-c2cc3ccc(NC(=O)C(=O)N4CCC5(CC5)C4)nc3[nH]2)c1. The molecular formula is C23H18F3N5O2. The van der Waals surface area contributed by atoms with Crippen LogP contribution in [0.15, 0.2) is 36.4 Å². The summed E-state index contributed by atoms with van der Waals surface area (Å²) in [4.78, 5) is 33.5. The largest absolute Gasteiger partial charge is 0.417 e. The lowest BCUT2D eigenvalue weighted by molar-refractivity contribution is -0.142. The van der Waals surface area contributed by atoms with Gasteiger partial charge in [0.25, 0.3) is 0 Å². The van der Waals surface area contributed by atoms with Crippen molar-refractivity contribution < 1.29 is 22.8 Å². The molecule has 0 atom stereocenters. The molecule has 1 saturated carbocycles. The van der Waals surface area contributed by atoms with Gasteiger partial charge in [-0.1, -0.05) is 0 Å². The number of amides is 2. The van der Waals surface area contributed by atoms with Crippen molar-refractivity contribution in [2.75, 3.05) is 18.4 Å².